The highest BCUT2D eigenvalue weighted by molar-refractivity contribution is 5.33. The van der Waals surface area contributed by atoms with E-state index >= 15 is 0 Å². The minimum atomic E-state index is -0.537. The Labute approximate surface area is 125 Å². The van der Waals surface area contributed by atoms with Gasteiger partial charge in [-0.25, -0.2) is 8.78 Å². The fourth-order valence-corrected chi connectivity index (χ4v) is 3.04. The van der Waals surface area contributed by atoms with Gasteiger partial charge in [-0.05, 0) is 5.41 Å². The van der Waals surface area contributed by atoms with Gasteiger partial charge in [-0.2, -0.15) is 0 Å². The topological polar surface area (TPSA) is 24.5 Å². The van der Waals surface area contributed by atoms with E-state index in [4.69, 9.17) is 4.74 Å². The summed E-state index contributed by atoms with van der Waals surface area (Å²) in [6, 6.07) is 2.23. The van der Waals surface area contributed by atoms with Crippen molar-refractivity contribution in [3.63, 3.8) is 0 Å². The molecule has 1 saturated heterocycles. The Morgan fingerprint density at radius 3 is 2.10 bits per heavy atom. The molecule has 1 heterocycles. The van der Waals surface area contributed by atoms with E-state index in [0.29, 0.717) is 0 Å². The van der Waals surface area contributed by atoms with Crippen molar-refractivity contribution in [1.82, 2.24) is 10.2 Å². The molecule has 1 N–H and O–H groups in total. The third kappa shape index (κ3) is 3.52. The summed E-state index contributed by atoms with van der Waals surface area (Å²) < 4.78 is 33.9. The van der Waals surface area contributed by atoms with Crippen LogP contribution >= 0.6 is 0 Å². The number of piperazine rings is 1. The maximum absolute atomic E-state index is 14.5. The minimum absolute atomic E-state index is 0.144. The van der Waals surface area contributed by atoms with E-state index < -0.39 is 11.6 Å². The molecular formula is C16H24F2N2O. The van der Waals surface area contributed by atoms with E-state index in [9.17, 15) is 8.78 Å². The van der Waals surface area contributed by atoms with Crippen LogP contribution in [0.2, 0.25) is 0 Å². The molecule has 1 aromatic rings. The Kier molecular flexibility index (Phi) is 4.84. The predicted octanol–water partition coefficient (Wildman–Crippen LogP) is 2.97. The van der Waals surface area contributed by atoms with Crippen molar-refractivity contribution in [2.24, 2.45) is 5.41 Å². The van der Waals surface area contributed by atoms with Crippen LogP contribution in [0.1, 0.15) is 32.4 Å². The number of nitrogens with one attached hydrogen (secondary N) is 1. The van der Waals surface area contributed by atoms with Crippen molar-refractivity contribution >= 4 is 0 Å². The molecule has 1 aliphatic rings. The summed E-state index contributed by atoms with van der Waals surface area (Å²) in [5.41, 5.74) is -0.127. The third-order valence-corrected chi connectivity index (χ3v) is 3.90. The lowest BCUT2D eigenvalue weighted by Crippen LogP contribution is -2.48. The quantitative estimate of drug-likeness (QED) is 0.928. The zero-order valence-corrected chi connectivity index (χ0v) is 13.2. The number of benzene rings is 1. The van der Waals surface area contributed by atoms with Crippen LogP contribution in [0.4, 0.5) is 8.78 Å². The molecule has 0 saturated carbocycles. The van der Waals surface area contributed by atoms with E-state index in [1.54, 1.807) is 0 Å². The van der Waals surface area contributed by atoms with Crippen LogP contribution in [-0.2, 0) is 0 Å². The number of methoxy groups -OCH3 is 1. The predicted molar refractivity (Wildman–Crippen MR) is 79.5 cm³/mol. The van der Waals surface area contributed by atoms with Gasteiger partial charge in [0.2, 0.25) is 0 Å². The van der Waals surface area contributed by atoms with Crippen molar-refractivity contribution in [1.29, 1.82) is 0 Å². The zero-order valence-electron chi connectivity index (χ0n) is 13.2. The first kappa shape index (κ1) is 16.2. The Morgan fingerprint density at radius 1 is 1.14 bits per heavy atom. The van der Waals surface area contributed by atoms with Crippen LogP contribution in [0.5, 0.6) is 5.75 Å². The maximum Gasteiger partial charge on any atom is 0.134 e. The number of ether oxygens (including phenoxy) is 1. The zero-order chi connectivity index (χ0) is 15.6. The molecule has 1 atom stereocenters. The minimum Gasteiger partial charge on any atom is -0.497 e. The van der Waals surface area contributed by atoms with Crippen molar-refractivity contribution < 1.29 is 13.5 Å². The maximum atomic E-state index is 14.5. The molecule has 0 amide bonds. The van der Waals surface area contributed by atoms with Gasteiger partial charge in [0.05, 0.1) is 7.11 Å². The third-order valence-electron chi connectivity index (χ3n) is 3.90. The fraction of sp³-hybridized carbons (Fsp3) is 0.625. The lowest BCUT2D eigenvalue weighted by Gasteiger charge is -2.42. The number of hydrogen-bond donors (Lipinski definition) is 1. The van der Waals surface area contributed by atoms with Gasteiger partial charge in [-0.3, -0.25) is 4.90 Å². The molecule has 1 aromatic carbocycles. The van der Waals surface area contributed by atoms with Crippen LogP contribution < -0.4 is 10.1 Å². The molecule has 0 bridgehead atoms. The van der Waals surface area contributed by atoms with Gasteiger partial charge in [0.1, 0.15) is 17.4 Å². The Balaban J connectivity index is 2.46. The van der Waals surface area contributed by atoms with Gasteiger partial charge in [0.25, 0.3) is 0 Å². The first-order valence-electron chi connectivity index (χ1n) is 7.32. The van der Waals surface area contributed by atoms with Crippen molar-refractivity contribution in [3.8, 4) is 5.75 Å². The highest BCUT2D eigenvalue weighted by Gasteiger charge is 2.36. The Hall–Kier alpha value is -1.20. The molecule has 3 nitrogen and oxygen atoms in total. The second kappa shape index (κ2) is 6.28. The smallest absolute Gasteiger partial charge is 0.134 e. The lowest BCUT2D eigenvalue weighted by atomic mass is 9.80. The first-order chi connectivity index (χ1) is 9.84. The van der Waals surface area contributed by atoms with Gasteiger partial charge < -0.3 is 10.1 Å². The van der Waals surface area contributed by atoms with Gasteiger partial charge in [0, 0.05) is 49.9 Å². The number of nitrogens with zero attached hydrogens (tertiary/aromatic N) is 1. The first-order valence-corrected chi connectivity index (χ1v) is 7.32. The van der Waals surface area contributed by atoms with E-state index in [2.05, 4.69) is 10.2 Å². The van der Waals surface area contributed by atoms with Crippen LogP contribution in [0.25, 0.3) is 0 Å². The van der Waals surface area contributed by atoms with Gasteiger partial charge >= 0.3 is 0 Å². The van der Waals surface area contributed by atoms with Crippen molar-refractivity contribution in [2.75, 3.05) is 33.3 Å². The molecule has 1 fully saturated rings. The van der Waals surface area contributed by atoms with Crippen LogP contribution in [-0.4, -0.2) is 38.2 Å². The number of halogens is 2. The molecule has 0 aromatic heterocycles. The van der Waals surface area contributed by atoms with E-state index in [-0.39, 0.29) is 22.8 Å². The number of hydrogen-bond acceptors (Lipinski definition) is 3. The Morgan fingerprint density at radius 2 is 1.67 bits per heavy atom. The van der Waals surface area contributed by atoms with E-state index in [1.807, 2.05) is 20.8 Å². The van der Waals surface area contributed by atoms with Gasteiger partial charge in [-0.1, -0.05) is 20.8 Å². The molecule has 2 rings (SSSR count). The summed E-state index contributed by atoms with van der Waals surface area (Å²) in [6.45, 7) is 9.30. The molecule has 118 valence electrons. The molecule has 0 unspecified atom stereocenters. The highest BCUT2D eigenvalue weighted by Crippen LogP contribution is 2.41. The average Bonchev–Trinajstić information content (AvgIpc) is 2.42. The normalized spacial score (nSPS) is 18.6. The van der Waals surface area contributed by atoms with E-state index in [0.717, 1.165) is 26.2 Å². The van der Waals surface area contributed by atoms with Crippen molar-refractivity contribution in [3.05, 3.63) is 29.3 Å². The van der Waals surface area contributed by atoms with Crippen LogP contribution in [0.15, 0.2) is 12.1 Å². The van der Waals surface area contributed by atoms with Gasteiger partial charge in [-0.15, -0.1) is 0 Å². The van der Waals surface area contributed by atoms with Crippen LogP contribution in [0, 0.1) is 17.0 Å². The number of rotatable bonds is 3. The van der Waals surface area contributed by atoms with Gasteiger partial charge in [0.15, 0.2) is 0 Å². The largest absolute Gasteiger partial charge is 0.497 e. The molecule has 0 radical (unpaired) electrons. The Bertz CT molecular complexity index is 471. The summed E-state index contributed by atoms with van der Waals surface area (Å²) in [5.74, 6) is -0.864. The SMILES string of the molecule is COc1cc(F)c([C@H](N2CCNCC2)C(C)(C)C)c(F)c1. The highest BCUT2D eigenvalue weighted by atomic mass is 19.1. The summed E-state index contributed by atoms with van der Waals surface area (Å²) >= 11 is 0. The van der Waals surface area contributed by atoms with Crippen LogP contribution in [0.3, 0.4) is 0 Å². The summed E-state index contributed by atoms with van der Waals surface area (Å²) in [6.07, 6.45) is 0. The monoisotopic (exact) mass is 298 g/mol. The van der Waals surface area contributed by atoms with Crippen molar-refractivity contribution in [2.45, 2.75) is 26.8 Å². The second-order valence-corrected chi connectivity index (χ2v) is 6.56. The summed E-state index contributed by atoms with van der Waals surface area (Å²) in [5, 5.41) is 3.27. The van der Waals surface area contributed by atoms with E-state index in [1.165, 1.54) is 19.2 Å². The summed E-state index contributed by atoms with van der Waals surface area (Å²) in [4.78, 5) is 2.16. The second-order valence-electron chi connectivity index (χ2n) is 6.56. The molecule has 1 aliphatic heterocycles. The standard InChI is InChI=1S/C16H24F2N2O/c1-16(2,3)15(20-7-5-19-6-8-20)14-12(17)9-11(21-4)10-13(14)18/h9-10,15,19H,5-8H2,1-4H3/t15-/m0/s1. The molecule has 21 heavy (non-hydrogen) atoms. The summed E-state index contributed by atoms with van der Waals surface area (Å²) in [7, 11) is 1.41. The lowest BCUT2D eigenvalue weighted by molar-refractivity contribution is 0.0803. The molecule has 5 heteroatoms. The molecular weight excluding hydrogens is 274 g/mol. The molecule has 0 spiro atoms. The molecule has 0 aliphatic carbocycles. The average molecular weight is 298 g/mol. The fourth-order valence-electron chi connectivity index (χ4n) is 3.04.